The normalized spacial score (nSPS) is 17.9. The van der Waals surface area contributed by atoms with Gasteiger partial charge in [-0.05, 0) is 151 Å². The Labute approximate surface area is 524 Å². The van der Waals surface area contributed by atoms with E-state index in [0.29, 0.717) is 43.3 Å². The van der Waals surface area contributed by atoms with Crippen LogP contribution < -0.4 is 0 Å². The molecule has 83 heavy (non-hydrogen) atoms. The summed E-state index contributed by atoms with van der Waals surface area (Å²) in [6.45, 7) is 83.1. The fourth-order valence-electron chi connectivity index (χ4n) is 10.0. The minimum absolute atomic E-state index is 0.0478. The molecular formula is C77H162F6. The summed E-state index contributed by atoms with van der Waals surface area (Å²) in [5.74, 6) is 1.46. The first kappa shape index (κ1) is 96.2. The van der Waals surface area contributed by atoms with E-state index in [0.717, 1.165) is 88.9 Å². The molecule has 3 rings (SSSR count). The zero-order chi connectivity index (χ0) is 68.5. The smallest absolute Gasteiger partial charge is 0.244 e. The third-order valence-electron chi connectivity index (χ3n) is 18.6. The summed E-state index contributed by atoms with van der Waals surface area (Å²) in [5, 5.41) is 0. The van der Waals surface area contributed by atoms with Crippen LogP contribution in [0, 0.1) is 78.3 Å². The first-order valence-corrected chi connectivity index (χ1v) is 34.4. The maximum absolute atomic E-state index is 13.2. The lowest BCUT2D eigenvalue weighted by Gasteiger charge is -2.41. The fraction of sp³-hybridized carbons (Fsp3) is 1.00. The van der Waals surface area contributed by atoms with Crippen LogP contribution in [0.25, 0.3) is 0 Å². The van der Waals surface area contributed by atoms with E-state index in [-0.39, 0.29) is 17.8 Å². The van der Waals surface area contributed by atoms with Gasteiger partial charge in [-0.2, -0.15) is 13.2 Å². The van der Waals surface area contributed by atoms with Gasteiger partial charge in [0.15, 0.2) is 0 Å². The van der Waals surface area contributed by atoms with Crippen LogP contribution in [0.1, 0.15) is 398 Å². The van der Waals surface area contributed by atoms with E-state index < -0.39 is 28.6 Å². The molecule has 3 aliphatic rings. The van der Waals surface area contributed by atoms with Gasteiger partial charge in [0.1, 0.15) is 17.0 Å². The van der Waals surface area contributed by atoms with Crippen LogP contribution in [0.3, 0.4) is 0 Å². The molecule has 6 heteroatoms. The number of alkyl halides is 6. The number of hydrogen-bond donors (Lipinski definition) is 0. The lowest BCUT2D eigenvalue weighted by atomic mass is 9.65. The molecule has 3 saturated carbocycles. The Morgan fingerprint density at radius 1 is 0.386 bits per heavy atom. The molecule has 0 nitrogen and oxygen atoms in total. The summed E-state index contributed by atoms with van der Waals surface area (Å²) in [7, 11) is 0. The molecule has 0 aliphatic heterocycles. The summed E-state index contributed by atoms with van der Waals surface area (Å²) in [6.07, 6.45) is 17.3. The van der Waals surface area contributed by atoms with Crippen LogP contribution in [0.15, 0.2) is 0 Å². The van der Waals surface area contributed by atoms with Crippen molar-refractivity contribution in [1.82, 2.24) is 0 Å². The third kappa shape index (κ3) is 59.0. The van der Waals surface area contributed by atoms with Gasteiger partial charge in [-0.15, -0.1) is 0 Å². The van der Waals surface area contributed by atoms with E-state index in [1.165, 1.54) is 65.2 Å². The Hall–Kier alpha value is -0.420. The zero-order valence-corrected chi connectivity index (χ0v) is 64.8. The average molecular weight is 1200 g/mol. The second-order valence-electron chi connectivity index (χ2n) is 36.5. The predicted octanol–water partition coefficient (Wildman–Crippen LogP) is 30.1. The minimum atomic E-state index is -4.12. The van der Waals surface area contributed by atoms with E-state index in [1.807, 2.05) is 27.7 Å². The Kier molecular flexibility index (Phi) is 48.4. The van der Waals surface area contributed by atoms with Gasteiger partial charge >= 0.3 is 6.18 Å². The third-order valence-corrected chi connectivity index (χ3v) is 18.6. The van der Waals surface area contributed by atoms with Crippen molar-refractivity contribution in [2.24, 2.45) is 78.3 Å². The molecule has 0 N–H and O–H groups in total. The highest BCUT2D eigenvalue weighted by atomic mass is 19.4. The highest BCUT2D eigenvalue weighted by Gasteiger charge is 2.53. The summed E-state index contributed by atoms with van der Waals surface area (Å²) in [5.41, 5.74) is -0.115. The quantitative estimate of drug-likeness (QED) is 0.213. The molecule has 0 spiro atoms. The van der Waals surface area contributed by atoms with Crippen molar-refractivity contribution in [3.05, 3.63) is 0 Å². The maximum atomic E-state index is 13.2. The highest BCUT2D eigenvalue weighted by Crippen LogP contribution is 2.49. The molecule has 0 bridgehead atoms. The first-order valence-electron chi connectivity index (χ1n) is 34.4. The van der Waals surface area contributed by atoms with Crippen molar-refractivity contribution in [3.63, 3.8) is 0 Å². The molecule has 3 aliphatic carbocycles. The Balaban J connectivity index is -0.000000157. The van der Waals surface area contributed by atoms with E-state index in [1.54, 1.807) is 20.8 Å². The predicted molar refractivity (Wildman–Crippen MR) is 371 cm³/mol. The second kappa shape index (κ2) is 41.8. The maximum Gasteiger partial charge on any atom is 0.394 e. The Morgan fingerprint density at radius 3 is 0.735 bits per heavy atom. The molecule has 0 aromatic heterocycles. The molecule has 512 valence electrons. The summed E-state index contributed by atoms with van der Waals surface area (Å²) < 4.78 is 77.1. The standard InChI is InChI=1S/C11H21F3.C10H22.C9H17F.C9H20.C7H13F.2C7H16.C6H11F.C6H14.C5H12/c1-7(2)9(8(3)4)10(5,6)11(12,13)14;1-7-10(6,8-2)9(3,4)5;1-8(2)4-6-9(3,10)7-5-8;1-6-8(7-2)9(3,4)5;1-7(8)5-3-2-4-6-7;1-6(2)7(3,4)5;1-5-6-7(2,3)4;1-6(7)4-2-3-5-6;1-5-6(2,3)4;1-5(2,3)4/h7-9H,1-6H3;7-8H2,1-6H3;4-7H2,1-3H3;8H,6-7H2,1-5H3;2-6H2,1H3;6H,1-5H3;5-6H2,1-4H3;2-5H2,1H3;5H2,1-4H3;1-4H3. The van der Waals surface area contributed by atoms with Gasteiger partial charge in [0, 0.05) is 0 Å². The molecule has 0 unspecified atom stereocenters. The monoisotopic (exact) mass is 1200 g/mol. The molecule has 0 saturated heterocycles. The lowest BCUT2D eigenvalue weighted by molar-refractivity contribution is -0.239. The SMILES string of the molecule is CC(C)(C)C.CC(C)C(C(C)C)C(C)(C)C(F)(F)F.CC(C)C(C)(C)C.CC1(C)CCC(C)(F)CC1.CC1(F)CCCC1.CC1(F)CCCCC1.CCC(C)(C)C.CCC(C)(CC)C(C)(C)C.CCC(CC)C(C)(C)C.CCCC(C)(C)C. The lowest BCUT2D eigenvalue weighted by Crippen LogP contribution is -2.43. The number of hydrogen-bond acceptors (Lipinski definition) is 0. The van der Waals surface area contributed by atoms with E-state index >= 15 is 0 Å². The average Bonchev–Trinajstić information content (AvgIpc) is 3.67. The van der Waals surface area contributed by atoms with Crippen molar-refractivity contribution in [3.8, 4) is 0 Å². The van der Waals surface area contributed by atoms with Crippen molar-refractivity contribution in [1.29, 1.82) is 0 Å². The fourth-order valence-corrected chi connectivity index (χ4v) is 10.0. The van der Waals surface area contributed by atoms with Gasteiger partial charge in [0.05, 0.1) is 5.41 Å². The molecule has 3 fully saturated rings. The largest absolute Gasteiger partial charge is 0.394 e. The van der Waals surface area contributed by atoms with Crippen LogP contribution in [-0.4, -0.2) is 23.2 Å². The van der Waals surface area contributed by atoms with Crippen molar-refractivity contribution in [2.75, 3.05) is 0 Å². The summed E-state index contributed by atoms with van der Waals surface area (Å²) in [4.78, 5) is 0. The Bertz CT molecular complexity index is 1410. The van der Waals surface area contributed by atoms with E-state index in [9.17, 15) is 26.3 Å². The van der Waals surface area contributed by atoms with Gasteiger partial charge < -0.3 is 0 Å². The van der Waals surface area contributed by atoms with Gasteiger partial charge in [-0.1, -0.05) is 320 Å². The van der Waals surface area contributed by atoms with Crippen molar-refractivity contribution >= 4 is 0 Å². The topological polar surface area (TPSA) is 0 Å². The molecule has 0 aromatic rings. The second-order valence-corrected chi connectivity index (χ2v) is 36.5. The van der Waals surface area contributed by atoms with Crippen molar-refractivity contribution < 1.29 is 26.3 Å². The number of rotatable bonds is 8. The van der Waals surface area contributed by atoms with Crippen molar-refractivity contribution in [2.45, 2.75) is 422 Å². The molecule has 0 radical (unpaired) electrons. The van der Waals surface area contributed by atoms with Crippen LogP contribution in [0.5, 0.6) is 0 Å². The summed E-state index contributed by atoms with van der Waals surface area (Å²) >= 11 is 0. The molecule has 0 amide bonds. The van der Waals surface area contributed by atoms with Gasteiger partial charge in [0.2, 0.25) is 0 Å². The van der Waals surface area contributed by atoms with E-state index in [4.69, 9.17) is 0 Å². The molecular weight excluding hydrogens is 1040 g/mol. The number of halogens is 6. The van der Waals surface area contributed by atoms with Crippen LogP contribution in [-0.2, 0) is 0 Å². The highest BCUT2D eigenvalue weighted by molar-refractivity contribution is 4.89. The van der Waals surface area contributed by atoms with Crippen LogP contribution in [0.4, 0.5) is 26.3 Å². The van der Waals surface area contributed by atoms with Gasteiger partial charge in [-0.25, -0.2) is 13.2 Å². The first-order chi connectivity index (χ1) is 36.3. The minimum Gasteiger partial charge on any atom is -0.244 e. The van der Waals surface area contributed by atoms with Crippen LogP contribution >= 0.6 is 0 Å². The molecule has 0 aromatic carbocycles. The van der Waals surface area contributed by atoms with Crippen LogP contribution in [0.2, 0.25) is 0 Å². The zero-order valence-electron chi connectivity index (χ0n) is 64.8. The van der Waals surface area contributed by atoms with Gasteiger partial charge in [-0.3, -0.25) is 0 Å². The summed E-state index contributed by atoms with van der Waals surface area (Å²) in [6, 6.07) is 0. The van der Waals surface area contributed by atoms with Gasteiger partial charge in [0.25, 0.3) is 0 Å². The Morgan fingerprint density at radius 2 is 0.651 bits per heavy atom. The molecule has 0 atom stereocenters. The molecule has 0 heterocycles. The van der Waals surface area contributed by atoms with E-state index in [2.05, 4.69) is 208 Å².